The smallest absolute Gasteiger partial charge is 0.229 e. The van der Waals surface area contributed by atoms with Crippen LogP contribution < -0.4 is 10.6 Å². The molecule has 2 unspecified atom stereocenters. The third-order valence-electron chi connectivity index (χ3n) is 4.46. The Morgan fingerprint density at radius 3 is 2.95 bits per heavy atom. The molecule has 1 amide bonds. The number of anilines is 1. The summed E-state index contributed by atoms with van der Waals surface area (Å²) in [6, 6.07) is 6.65. The van der Waals surface area contributed by atoms with Gasteiger partial charge in [-0.1, -0.05) is 6.07 Å². The monoisotopic (exact) mass is 258 g/mol. The molecule has 3 nitrogen and oxygen atoms in total. The average molecular weight is 258 g/mol. The maximum Gasteiger partial charge on any atom is 0.229 e. The molecule has 2 N–H and O–H groups in total. The van der Waals surface area contributed by atoms with E-state index < -0.39 is 0 Å². The van der Waals surface area contributed by atoms with Gasteiger partial charge >= 0.3 is 0 Å². The van der Waals surface area contributed by atoms with Gasteiger partial charge in [0.05, 0.1) is 5.92 Å². The minimum absolute atomic E-state index is 0.0991. The first-order valence-corrected chi connectivity index (χ1v) is 7.40. The van der Waals surface area contributed by atoms with Crippen molar-refractivity contribution in [1.29, 1.82) is 0 Å². The molecule has 19 heavy (non-hydrogen) atoms. The fraction of sp³-hybridized carbons (Fsp3) is 0.562. The third kappa shape index (κ3) is 2.66. The number of amides is 1. The number of carbonyl (C=O) groups is 1. The Kier molecular flexibility index (Phi) is 3.56. The van der Waals surface area contributed by atoms with Crippen LogP contribution in [0.15, 0.2) is 18.2 Å². The van der Waals surface area contributed by atoms with E-state index in [-0.39, 0.29) is 17.9 Å². The van der Waals surface area contributed by atoms with E-state index in [0.29, 0.717) is 0 Å². The molecule has 0 bridgehead atoms. The summed E-state index contributed by atoms with van der Waals surface area (Å²) in [6.07, 6.45) is 5.67. The molecule has 0 saturated carbocycles. The highest BCUT2D eigenvalue weighted by atomic mass is 16.1. The minimum Gasteiger partial charge on any atom is -0.326 e. The van der Waals surface area contributed by atoms with Gasteiger partial charge in [0.2, 0.25) is 5.91 Å². The number of hydrogen-bond acceptors (Lipinski definition) is 2. The fourth-order valence-electron chi connectivity index (χ4n) is 3.29. The van der Waals surface area contributed by atoms with Gasteiger partial charge in [0.25, 0.3) is 0 Å². The molecular weight excluding hydrogens is 236 g/mol. The molecule has 1 aromatic rings. The predicted octanol–water partition coefficient (Wildman–Crippen LogP) is 2.50. The Morgan fingerprint density at radius 1 is 1.26 bits per heavy atom. The van der Waals surface area contributed by atoms with E-state index in [1.54, 1.807) is 0 Å². The lowest BCUT2D eigenvalue weighted by Crippen LogP contribution is -2.44. The number of aryl methyl sites for hydroxylation is 2. The van der Waals surface area contributed by atoms with E-state index in [1.807, 2.05) is 6.07 Å². The van der Waals surface area contributed by atoms with Crippen molar-refractivity contribution in [2.75, 3.05) is 11.9 Å². The molecule has 3 heteroatoms. The molecule has 3 rings (SSSR count). The van der Waals surface area contributed by atoms with Gasteiger partial charge in [0.15, 0.2) is 0 Å². The van der Waals surface area contributed by atoms with E-state index in [9.17, 15) is 4.79 Å². The molecule has 2 atom stereocenters. The molecular formula is C16H22N2O. The number of rotatable bonds is 2. The Morgan fingerprint density at radius 2 is 2.11 bits per heavy atom. The number of benzene rings is 1. The molecule has 1 saturated heterocycles. The summed E-state index contributed by atoms with van der Waals surface area (Å²) >= 11 is 0. The summed E-state index contributed by atoms with van der Waals surface area (Å²) in [5.41, 5.74) is 3.82. The molecule has 2 aliphatic rings. The summed E-state index contributed by atoms with van der Waals surface area (Å²) in [6.45, 7) is 3.13. The third-order valence-corrected chi connectivity index (χ3v) is 4.46. The van der Waals surface area contributed by atoms with Gasteiger partial charge < -0.3 is 10.6 Å². The average Bonchev–Trinajstić information content (AvgIpc) is 2.86. The molecule has 1 heterocycles. The van der Waals surface area contributed by atoms with Gasteiger partial charge in [-0.25, -0.2) is 0 Å². The molecule has 1 aliphatic carbocycles. The van der Waals surface area contributed by atoms with E-state index in [2.05, 4.69) is 29.7 Å². The molecule has 0 aromatic heterocycles. The summed E-state index contributed by atoms with van der Waals surface area (Å²) in [4.78, 5) is 12.3. The van der Waals surface area contributed by atoms with Gasteiger partial charge in [0, 0.05) is 11.7 Å². The topological polar surface area (TPSA) is 41.1 Å². The molecule has 1 aliphatic heterocycles. The highest BCUT2D eigenvalue weighted by Crippen LogP contribution is 2.26. The normalized spacial score (nSPS) is 25.9. The number of hydrogen-bond donors (Lipinski definition) is 2. The van der Waals surface area contributed by atoms with Crippen molar-refractivity contribution in [1.82, 2.24) is 5.32 Å². The Balaban J connectivity index is 1.69. The lowest BCUT2D eigenvalue weighted by atomic mass is 9.91. The molecule has 1 aromatic carbocycles. The van der Waals surface area contributed by atoms with Crippen molar-refractivity contribution in [2.24, 2.45) is 5.92 Å². The van der Waals surface area contributed by atoms with Crippen LogP contribution in [0.4, 0.5) is 5.69 Å². The van der Waals surface area contributed by atoms with E-state index >= 15 is 0 Å². The van der Waals surface area contributed by atoms with Crippen LogP contribution in [0.2, 0.25) is 0 Å². The predicted molar refractivity (Wildman–Crippen MR) is 77.3 cm³/mol. The van der Waals surface area contributed by atoms with Gasteiger partial charge in [-0.15, -0.1) is 0 Å². The van der Waals surface area contributed by atoms with Crippen molar-refractivity contribution >= 4 is 11.6 Å². The number of nitrogens with one attached hydrogen (secondary N) is 2. The molecule has 102 valence electrons. The van der Waals surface area contributed by atoms with Crippen LogP contribution in [0.5, 0.6) is 0 Å². The zero-order valence-corrected chi connectivity index (χ0v) is 11.5. The lowest BCUT2D eigenvalue weighted by Gasteiger charge is -2.28. The quantitative estimate of drug-likeness (QED) is 0.855. The highest BCUT2D eigenvalue weighted by Gasteiger charge is 2.27. The Bertz CT molecular complexity index is 484. The maximum absolute atomic E-state index is 12.3. The van der Waals surface area contributed by atoms with Crippen molar-refractivity contribution in [3.05, 3.63) is 29.3 Å². The van der Waals surface area contributed by atoms with Gasteiger partial charge in [-0.2, -0.15) is 0 Å². The lowest BCUT2D eigenvalue weighted by molar-refractivity contribution is -0.121. The highest BCUT2D eigenvalue weighted by molar-refractivity contribution is 5.93. The van der Waals surface area contributed by atoms with Gasteiger partial charge in [-0.3, -0.25) is 4.79 Å². The number of carbonyl (C=O) groups excluding carboxylic acids is 1. The van der Waals surface area contributed by atoms with Crippen molar-refractivity contribution in [2.45, 2.75) is 45.1 Å². The first-order chi connectivity index (χ1) is 9.24. The van der Waals surface area contributed by atoms with Crippen LogP contribution in [0.1, 0.15) is 37.3 Å². The largest absolute Gasteiger partial charge is 0.326 e. The SMILES string of the molecule is CC1NCCCC1C(=O)Nc1ccc2c(c1)CCC2. The summed E-state index contributed by atoms with van der Waals surface area (Å²) in [5.74, 6) is 0.264. The minimum atomic E-state index is 0.0991. The number of piperidine rings is 1. The van der Waals surface area contributed by atoms with Crippen LogP contribution in [0.3, 0.4) is 0 Å². The Hall–Kier alpha value is -1.35. The second kappa shape index (κ2) is 5.33. The molecule has 0 radical (unpaired) electrons. The van der Waals surface area contributed by atoms with Crippen molar-refractivity contribution in [3.8, 4) is 0 Å². The van der Waals surface area contributed by atoms with E-state index in [4.69, 9.17) is 0 Å². The zero-order valence-electron chi connectivity index (χ0n) is 11.5. The summed E-state index contributed by atoms with van der Waals surface area (Å²) in [5, 5.41) is 6.47. The molecule has 0 spiro atoms. The van der Waals surface area contributed by atoms with Gasteiger partial charge in [-0.05, 0) is 68.8 Å². The first kappa shape index (κ1) is 12.7. The van der Waals surface area contributed by atoms with Crippen LogP contribution >= 0.6 is 0 Å². The van der Waals surface area contributed by atoms with E-state index in [0.717, 1.165) is 31.5 Å². The number of fused-ring (bicyclic) bond motifs is 1. The Labute approximate surface area is 114 Å². The van der Waals surface area contributed by atoms with Crippen LogP contribution in [-0.4, -0.2) is 18.5 Å². The second-order valence-corrected chi connectivity index (χ2v) is 5.82. The fourth-order valence-corrected chi connectivity index (χ4v) is 3.29. The maximum atomic E-state index is 12.3. The zero-order chi connectivity index (χ0) is 13.2. The van der Waals surface area contributed by atoms with Crippen LogP contribution in [0.25, 0.3) is 0 Å². The first-order valence-electron chi connectivity index (χ1n) is 7.40. The van der Waals surface area contributed by atoms with Crippen LogP contribution in [-0.2, 0) is 17.6 Å². The van der Waals surface area contributed by atoms with Crippen molar-refractivity contribution in [3.63, 3.8) is 0 Å². The van der Waals surface area contributed by atoms with Gasteiger partial charge in [0.1, 0.15) is 0 Å². The summed E-state index contributed by atoms with van der Waals surface area (Å²) in [7, 11) is 0. The van der Waals surface area contributed by atoms with Crippen LogP contribution in [0, 0.1) is 5.92 Å². The standard InChI is InChI=1S/C16H22N2O/c1-11-15(6-3-9-17-11)16(19)18-14-8-7-12-4-2-5-13(12)10-14/h7-8,10-11,15,17H,2-6,9H2,1H3,(H,18,19). The second-order valence-electron chi connectivity index (χ2n) is 5.82. The van der Waals surface area contributed by atoms with Crippen molar-refractivity contribution < 1.29 is 4.79 Å². The summed E-state index contributed by atoms with van der Waals surface area (Å²) < 4.78 is 0. The molecule has 1 fully saturated rings. The van der Waals surface area contributed by atoms with E-state index in [1.165, 1.54) is 24.0 Å².